The van der Waals surface area contributed by atoms with Gasteiger partial charge in [0, 0.05) is 18.4 Å². The third kappa shape index (κ3) is 4.34. The van der Waals surface area contributed by atoms with Crippen molar-refractivity contribution in [2.75, 3.05) is 25.5 Å². The number of likely N-dealkylation sites (N-methyl/N-ethyl adjacent to an activating group) is 1. The number of rotatable bonds is 6. The zero-order chi connectivity index (χ0) is 12.2. The van der Waals surface area contributed by atoms with Gasteiger partial charge in [-0.1, -0.05) is 42.6 Å². The van der Waals surface area contributed by atoms with Crippen molar-refractivity contribution in [3.63, 3.8) is 0 Å². The first-order chi connectivity index (χ1) is 7.47. The average molecular weight is 292 g/mol. The lowest BCUT2D eigenvalue weighted by atomic mass is 9.96. The van der Waals surface area contributed by atoms with Gasteiger partial charge in [0.2, 0.25) is 0 Å². The Bertz CT molecular complexity index is 202. The largest absolute Gasteiger partial charge is 0.389 e. The molecule has 1 aliphatic rings. The topological polar surface area (TPSA) is 23.5 Å². The zero-order valence-corrected chi connectivity index (χ0v) is 12.5. The zero-order valence-electron chi connectivity index (χ0n) is 10.9. The summed E-state index contributed by atoms with van der Waals surface area (Å²) in [6.07, 6.45) is 4.35. The molecule has 3 heteroatoms. The lowest BCUT2D eigenvalue weighted by Gasteiger charge is -2.31. The van der Waals surface area contributed by atoms with Gasteiger partial charge < -0.3 is 10.0 Å². The van der Waals surface area contributed by atoms with E-state index in [-0.39, 0.29) is 0 Å². The third-order valence-corrected chi connectivity index (χ3v) is 4.62. The van der Waals surface area contributed by atoms with Crippen molar-refractivity contribution in [3.8, 4) is 0 Å². The molecule has 0 aromatic carbocycles. The van der Waals surface area contributed by atoms with Gasteiger partial charge in [-0.2, -0.15) is 0 Å². The van der Waals surface area contributed by atoms with Gasteiger partial charge in [0.25, 0.3) is 0 Å². The first-order valence-corrected chi connectivity index (χ1v) is 7.56. The van der Waals surface area contributed by atoms with E-state index in [1.165, 1.54) is 12.8 Å². The van der Waals surface area contributed by atoms with Crippen LogP contribution in [0.1, 0.15) is 39.5 Å². The van der Waals surface area contributed by atoms with E-state index >= 15 is 0 Å². The maximum Gasteiger partial charge on any atom is 0.0774 e. The summed E-state index contributed by atoms with van der Waals surface area (Å²) in [7, 11) is 2.13. The molecule has 0 bridgehead atoms. The van der Waals surface area contributed by atoms with Crippen molar-refractivity contribution in [2.24, 2.45) is 11.8 Å². The quantitative estimate of drug-likeness (QED) is 0.761. The molecule has 1 fully saturated rings. The van der Waals surface area contributed by atoms with Crippen LogP contribution in [0.2, 0.25) is 0 Å². The fourth-order valence-electron chi connectivity index (χ4n) is 2.60. The second-order valence-electron chi connectivity index (χ2n) is 5.79. The number of hydrogen-bond donors (Lipinski definition) is 1. The average Bonchev–Trinajstić information content (AvgIpc) is 2.60. The van der Waals surface area contributed by atoms with Crippen molar-refractivity contribution < 1.29 is 5.11 Å². The van der Waals surface area contributed by atoms with Gasteiger partial charge in [0.1, 0.15) is 0 Å². The van der Waals surface area contributed by atoms with Crippen LogP contribution in [-0.2, 0) is 0 Å². The van der Waals surface area contributed by atoms with Gasteiger partial charge in [-0.05, 0) is 31.7 Å². The van der Waals surface area contributed by atoms with Crippen molar-refractivity contribution in [3.05, 3.63) is 0 Å². The van der Waals surface area contributed by atoms with Gasteiger partial charge in [0.15, 0.2) is 0 Å². The minimum Gasteiger partial charge on any atom is -0.389 e. The molecule has 1 unspecified atom stereocenters. The minimum absolute atomic E-state index is 0.400. The Kier molecular flexibility index (Phi) is 5.75. The maximum atomic E-state index is 10.3. The summed E-state index contributed by atoms with van der Waals surface area (Å²) in [4.78, 5) is 2.30. The monoisotopic (exact) mass is 291 g/mol. The van der Waals surface area contributed by atoms with Gasteiger partial charge in [-0.25, -0.2) is 0 Å². The molecule has 96 valence electrons. The van der Waals surface area contributed by atoms with E-state index in [2.05, 4.69) is 41.7 Å². The molecule has 0 amide bonds. The summed E-state index contributed by atoms with van der Waals surface area (Å²) in [6.45, 7) is 6.45. The van der Waals surface area contributed by atoms with E-state index in [9.17, 15) is 5.11 Å². The second-order valence-corrected chi connectivity index (χ2v) is 6.43. The van der Waals surface area contributed by atoms with Crippen LogP contribution in [0.4, 0.5) is 0 Å². The minimum atomic E-state index is -0.400. The molecule has 0 aromatic heterocycles. The molecule has 1 N–H and O–H groups in total. The number of halogens is 1. The van der Waals surface area contributed by atoms with Crippen LogP contribution in [0.5, 0.6) is 0 Å². The molecule has 0 spiro atoms. The van der Waals surface area contributed by atoms with Crippen molar-refractivity contribution in [2.45, 2.75) is 45.1 Å². The van der Waals surface area contributed by atoms with E-state index in [0.29, 0.717) is 11.8 Å². The Balaban J connectivity index is 2.36. The van der Waals surface area contributed by atoms with Gasteiger partial charge >= 0.3 is 0 Å². The summed E-state index contributed by atoms with van der Waals surface area (Å²) < 4.78 is 0. The summed E-state index contributed by atoms with van der Waals surface area (Å²) in [5.41, 5.74) is -0.400. The third-order valence-electron chi connectivity index (χ3n) is 3.79. The summed E-state index contributed by atoms with van der Waals surface area (Å²) in [6, 6.07) is 0. The van der Waals surface area contributed by atoms with Crippen molar-refractivity contribution in [1.29, 1.82) is 0 Å². The lowest BCUT2D eigenvalue weighted by Crippen LogP contribution is -2.42. The highest BCUT2D eigenvalue weighted by molar-refractivity contribution is 9.09. The first kappa shape index (κ1) is 14.5. The van der Waals surface area contributed by atoms with Crippen LogP contribution < -0.4 is 0 Å². The molecule has 0 saturated heterocycles. The summed E-state index contributed by atoms with van der Waals surface area (Å²) in [5.74, 6) is 1.37. The predicted octanol–water partition coefficient (Wildman–Crippen LogP) is 2.89. The van der Waals surface area contributed by atoms with Crippen LogP contribution in [0.15, 0.2) is 0 Å². The highest BCUT2D eigenvalue weighted by atomic mass is 79.9. The van der Waals surface area contributed by atoms with Crippen LogP contribution in [0.3, 0.4) is 0 Å². The number of aliphatic hydroxyl groups is 1. The molecular weight excluding hydrogens is 266 g/mol. The normalized spacial score (nSPS) is 21.9. The second kappa shape index (κ2) is 6.36. The van der Waals surface area contributed by atoms with E-state index in [4.69, 9.17) is 0 Å². The van der Waals surface area contributed by atoms with Gasteiger partial charge in [0.05, 0.1) is 5.60 Å². The van der Waals surface area contributed by atoms with E-state index in [1.807, 2.05) is 0 Å². The Morgan fingerprint density at radius 2 is 1.88 bits per heavy atom. The highest BCUT2D eigenvalue weighted by Crippen LogP contribution is 2.30. The summed E-state index contributed by atoms with van der Waals surface area (Å²) in [5, 5.41) is 11.4. The Morgan fingerprint density at radius 1 is 1.31 bits per heavy atom. The number of nitrogens with zero attached hydrogens (tertiary/aromatic N) is 1. The van der Waals surface area contributed by atoms with Crippen LogP contribution >= 0.6 is 15.9 Å². The van der Waals surface area contributed by atoms with Crippen molar-refractivity contribution in [1.82, 2.24) is 4.90 Å². The summed E-state index contributed by atoms with van der Waals surface area (Å²) >= 11 is 3.58. The fraction of sp³-hybridized carbons (Fsp3) is 1.00. The predicted molar refractivity (Wildman–Crippen MR) is 73.0 cm³/mol. The standard InChI is InChI=1S/C13H26BrNO/c1-11(2)12(8-14)9-15(3)10-13(16)6-4-5-7-13/h11-12,16H,4-10H2,1-3H3. The van der Waals surface area contributed by atoms with Crippen molar-refractivity contribution >= 4 is 15.9 Å². The number of hydrogen-bond acceptors (Lipinski definition) is 2. The van der Waals surface area contributed by atoms with E-state index < -0.39 is 5.60 Å². The van der Waals surface area contributed by atoms with E-state index in [1.54, 1.807) is 0 Å². The van der Waals surface area contributed by atoms with Crippen LogP contribution in [0, 0.1) is 11.8 Å². The molecule has 16 heavy (non-hydrogen) atoms. The molecule has 1 atom stereocenters. The van der Waals surface area contributed by atoms with E-state index in [0.717, 1.165) is 31.3 Å². The Morgan fingerprint density at radius 3 is 2.31 bits per heavy atom. The molecule has 1 saturated carbocycles. The van der Waals surface area contributed by atoms with Gasteiger partial charge in [-0.3, -0.25) is 0 Å². The lowest BCUT2D eigenvalue weighted by molar-refractivity contribution is 0.0122. The number of alkyl halides is 1. The fourth-order valence-corrected chi connectivity index (χ4v) is 3.55. The molecule has 0 heterocycles. The molecule has 0 radical (unpaired) electrons. The highest BCUT2D eigenvalue weighted by Gasteiger charge is 2.32. The maximum absolute atomic E-state index is 10.3. The molecular formula is C13H26BrNO. The van der Waals surface area contributed by atoms with Gasteiger partial charge in [-0.15, -0.1) is 0 Å². The SMILES string of the molecule is CC(C)C(CBr)CN(C)CC1(O)CCCC1. The van der Waals surface area contributed by atoms with Crippen LogP contribution in [-0.4, -0.2) is 41.1 Å². The first-order valence-electron chi connectivity index (χ1n) is 6.44. The molecule has 0 aliphatic heterocycles. The molecule has 2 nitrogen and oxygen atoms in total. The smallest absolute Gasteiger partial charge is 0.0774 e. The molecule has 0 aromatic rings. The van der Waals surface area contributed by atoms with Crippen LogP contribution in [0.25, 0.3) is 0 Å². The Hall–Kier alpha value is 0.400. The molecule has 1 rings (SSSR count). The Labute approximate surface area is 109 Å². The molecule has 1 aliphatic carbocycles.